The van der Waals surface area contributed by atoms with Gasteiger partial charge in [-0.1, -0.05) is 35.9 Å². The Hall–Kier alpha value is -3.25. The lowest BCUT2D eigenvalue weighted by Crippen LogP contribution is -2.19. The number of amides is 2. The maximum Gasteiger partial charge on any atom is 0.274 e. The van der Waals surface area contributed by atoms with Crippen LogP contribution in [0.3, 0.4) is 0 Å². The molecule has 3 rings (SSSR count). The fraction of sp³-hybridized carbons (Fsp3) is 0.0952. The summed E-state index contributed by atoms with van der Waals surface area (Å²) in [4.78, 5) is 29.0. The Morgan fingerprint density at radius 1 is 0.929 bits per heavy atom. The van der Waals surface area contributed by atoms with E-state index in [2.05, 4.69) is 15.6 Å². The molecule has 0 aliphatic carbocycles. The predicted molar refractivity (Wildman–Crippen MR) is 107 cm³/mol. The van der Waals surface area contributed by atoms with Crippen molar-refractivity contribution in [2.24, 2.45) is 0 Å². The second kappa shape index (κ2) is 8.19. The van der Waals surface area contributed by atoms with Gasteiger partial charge in [-0.3, -0.25) is 9.59 Å². The summed E-state index contributed by atoms with van der Waals surface area (Å²) in [6, 6.07) is 13.9. The molecular weight excluding hydrogens is 381 g/mol. The molecule has 5 nitrogen and oxygen atoms in total. The van der Waals surface area contributed by atoms with Crippen molar-refractivity contribution in [1.82, 2.24) is 4.98 Å². The molecule has 28 heavy (non-hydrogen) atoms. The van der Waals surface area contributed by atoms with Crippen LogP contribution in [-0.2, 0) is 0 Å². The van der Waals surface area contributed by atoms with Gasteiger partial charge in [-0.15, -0.1) is 0 Å². The monoisotopic (exact) mass is 397 g/mol. The lowest BCUT2D eigenvalue weighted by molar-refractivity contribution is 0.101. The minimum absolute atomic E-state index is 0.0115. The molecule has 2 N–H and O–H groups in total. The number of carbonyl (C=O) groups is 2. The number of pyridine rings is 1. The lowest BCUT2D eigenvalue weighted by atomic mass is 10.1. The minimum atomic E-state index is -0.621. The van der Waals surface area contributed by atoms with Crippen molar-refractivity contribution in [3.8, 4) is 0 Å². The average Bonchev–Trinajstić information content (AvgIpc) is 2.66. The molecular formula is C21H17ClFN3O2. The summed E-state index contributed by atoms with van der Waals surface area (Å²) in [7, 11) is 0. The van der Waals surface area contributed by atoms with Crippen molar-refractivity contribution in [2.75, 3.05) is 10.6 Å². The highest BCUT2D eigenvalue weighted by Crippen LogP contribution is 2.27. The zero-order valence-corrected chi connectivity index (χ0v) is 16.0. The van der Waals surface area contributed by atoms with E-state index in [0.717, 1.165) is 11.1 Å². The quantitative estimate of drug-likeness (QED) is 0.651. The van der Waals surface area contributed by atoms with E-state index in [-0.39, 0.29) is 17.1 Å². The van der Waals surface area contributed by atoms with Crippen molar-refractivity contribution in [2.45, 2.75) is 13.8 Å². The van der Waals surface area contributed by atoms with Gasteiger partial charge in [0.1, 0.15) is 17.2 Å². The Morgan fingerprint density at radius 3 is 2.21 bits per heavy atom. The molecule has 0 aliphatic rings. The van der Waals surface area contributed by atoms with Crippen LogP contribution in [0.5, 0.6) is 0 Å². The molecule has 1 aromatic heterocycles. The van der Waals surface area contributed by atoms with Gasteiger partial charge in [0.05, 0.1) is 16.4 Å². The van der Waals surface area contributed by atoms with Gasteiger partial charge < -0.3 is 10.6 Å². The third kappa shape index (κ3) is 4.35. The highest BCUT2D eigenvalue weighted by Gasteiger charge is 2.16. The molecule has 0 saturated carbocycles. The number of benzene rings is 2. The average molecular weight is 398 g/mol. The van der Waals surface area contributed by atoms with Crippen LogP contribution in [0.1, 0.15) is 32.1 Å². The zero-order valence-electron chi connectivity index (χ0n) is 15.2. The number of nitrogens with one attached hydrogen (secondary N) is 2. The van der Waals surface area contributed by atoms with Crippen molar-refractivity contribution in [3.05, 3.63) is 88.0 Å². The Kier molecular flexibility index (Phi) is 5.70. The summed E-state index contributed by atoms with van der Waals surface area (Å²) in [6.45, 7) is 3.74. The van der Waals surface area contributed by atoms with E-state index in [1.807, 2.05) is 19.9 Å². The molecule has 0 bridgehead atoms. The van der Waals surface area contributed by atoms with Crippen LogP contribution in [0.15, 0.2) is 54.6 Å². The maximum absolute atomic E-state index is 13.7. The number of nitrogens with zero attached hydrogens (tertiary/aromatic N) is 1. The summed E-state index contributed by atoms with van der Waals surface area (Å²) < 4.78 is 13.7. The third-order valence-corrected chi connectivity index (χ3v) is 4.30. The first-order chi connectivity index (χ1) is 13.3. The number of rotatable bonds is 4. The first kappa shape index (κ1) is 19.5. The van der Waals surface area contributed by atoms with Crippen LogP contribution in [0.4, 0.5) is 15.8 Å². The summed E-state index contributed by atoms with van der Waals surface area (Å²) in [5, 5.41) is 5.58. The highest BCUT2D eigenvalue weighted by molar-refractivity contribution is 6.34. The van der Waals surface area contributed by atoms with Gasteiger partial charge >= 0.3 is 0 Å². The summed E-state index contributed by atoms with van der Waals surface area (Å²) >= 11 is 6.22. The van der Waals surface area contributed by atoms with Crippen molar-refractivity contribution in [3.63, 3.8) is 0 Å². The molecule has 0 spiro atoms. The van der Waals surface area contributed by atoms with E-state index in [9.17, 15) is 14.0 Å². The Morgan fingerprint density at radius 2 is 1.57 bits per heavy atom. The lowest BCUT2D eigenvalue weighted by Gasteiger charge is -2.12. The van der Waals surface area contributed by atoms with Crippen LogP contribution < -0.4 is 10.6 Å². The summed E-state index contributed by atoms with van der Waals surface area (Å²) in [5.41, 5.74) is 2.34. The van der Waals surface area contributed by atoms with Gasteiger partial charge in [-0.05, 0) is 55.3 Å². The topological polar surface area (TPSA) is 71.1 Å². The number of aryl methyl sites for hydroxylation is 2. The van der Waals surface area contributed by atoms with Gasteiger partial charge in [-0.2, -0.15) is 0 Å². The van der Waals surface area contributed by atoms with Gasteiger partial charge in [0, 0.05) is 0 Å². The van der Waals surface area contributed by atoms with Gasteiger partial charge in [0.15, 0.2) is 0 Å². The molecule has 7 heteroatoms. The van der Waals surface area contributed by atoms with Crippen LogP contribution in [0.2, 0.25) is 5.02 Å². The van der Waals surface area contributed by atoms with Gasteiger partial charge in [0.25, 0.3) is 11.8 Å². The van der Waals surface area contributed by atoms with Crippen LogP contribution in [-0.4, -0.2) is 16.8 Å². The summed E-state index contributed by atoms with van der Waals surface area (Å²) in [5.74, 6) is -1.69. The first-order valence-electron chi connectivity index (χ1n) is 8.46. The molecule has 2 aromatic carbocycles. The van der Waals surface area contributed by atoms with Crippen LogP contribution >= 0.6 is 11.6 Å². The zero-order chi connectivity index (χ0) is 20.3. The fourth-order valence-corrected chi connectivity index (χ4v) is 3.06. The maximum atomic E-state index is 13.7. The van der Waals surface area contributed by atoms with E-state index in [0.29, 0.717) is 10.7 Å². The van der Waals surface area contributed by atoms with E-state index in [1.54, 1.807) is 12.1 Å². The van der Waals surface area contributed by atoms with Crippen molar-refractivity contribution < 1.29 is 14.0 Å². The molecule has 3 aromatic rings. The summed E-state index contributed by atoms with van der Waals surface area (Å²) in [6.07, 6.45) is 0. The fourth-order valence-electron chi connectivity index (χ4n) is 2.69. The number of carbonyl (C=O) groups excluding carboxylic acids is 2. The van der Waals surface area contributed by atoms with E-state index >= 15 is 0 Å². The SMILES string of the molecule is Cc1cc(C)c(NC(=O)c2cccc(C(=O)Nc3ccccc3F)n2)c(Cl)c1. The molecule has 1 heterocycles. The molecule has 0 saturated heterocycles. The Balaban J connectivity index is 1.80. The molecule has 142 valence electrons. The molecule has 0 unspecified atom stereocenters. The Labute approximate surface area is 166 Å². The Bertz CT molecular complexity index is 1050. The number of aromatic nitrogens is 1. The number of hydrogen-bond acceptors (Lipinski definition) is 3. The number of hydrogen-bond donors (Lipinski definition) is 2. The van der Waals surface area contributed by atoms with E-state index in [4.69, 9.17) is 11.6 Å². The normalized spacial score (nSPS) is 10.4. The van der Waals surface area contributed by atoms with E-state index in [1.165, 1.54) is 36.4 Å². The first-order valence-corrected chi connectivity index (χ1v) is 8.84. The molecule has 0 aliphatic heterocycles. The molecule has 2 amide bonds. The molecule has 0 atom stereocenters. The van der Waals surface area contributed by atoms with Gasteiger partial charge in [0.2, 0.25) is 0 Å². The second-order valence-electron chi connectivity index (χ2n) is 6.23. The van der Waals surface area contributed by atoms with Crippen molar-refractivity contribution >= 4 is 34.8 Å². The van der Waals surface area contributed by atoms with Crippen LogP contribution in [0.25, 0.3) is 0 Å². The predicted octanol–water partition coefficient (Wildman–Crippen LogP) is 5.00. The largest absolute Gasteiger partial charge is 0.319 e. The van der Waals surface area contributed by atoms with Crippen molar-refractivity contribution in [1.29, 1.82) is 0 Å². The number of halogens is 2. The number of para-hydroxylation sites is 1. The van der Waals surface area contributed by atoms with Crippen LogP contribution in [0, 0.1) is 19.7 Å². The van der Waals surface area contributed by atoms with Gasteiger partial charge in [-0.25, -0.2) is 9.37 Å². The highest BCUT2D eigenvalue weighted by atomic mass is 35.5. The molecule has 0 radical (unpaired) electrons. The standard InChI is InChI=1S/C21H17ClFN3O2/c1-12-10-13(2)19(14(22)11-12)26-21(28)18-9-5-8-17(24-18)20(27)25-16-7-4-3-6-15(16)23/h3-11H,1-2H3,(H,25,27)(H,26,28). The molecule has 0 fully saturated rings. The van der Waals surface area contributed by atoms with E-state index < -0.39 is 17.6 Å². The smallest absolute Gasteiger partial charge is 0.274 e. The third-order valence-electron chi connectivity index (χ3n) is 4.01. The number of anilines is 2. The minimum Gasteiger partial charge on any atom is -0.319 e. The second-order valence-corrected chi connectivity index (χ2v) is 6.64.